The van der Waals surface area contributed by atoms with Gasteiger partial charge < -0.3 is 5.11 Å². The van der Waals surface area contributed by atoms with Crippen LogP contribution in [0.5, 0.6) is 0 Å². The molecule has 0 saturated carbocycles. The molecule has 1 nitrogen and oxygen atoms in total. The molecule has 0 aliphatic carbocycles. The van der Waals surface area contributed by atoms with Crippen molar-refractivity contribution in [3.63, 3.8) is 0 Å². The SMILES string of the molecule is OC(c1ccc(I)cc1)c1cccc2ccsc12. The fourth-order valence-corrected chi connectivity index (χ4v) is 3.35. The molecule has 0 aliphatic heterocycles. The number of fused-ring (bicyclic) bond motifs is 1. The molecule has 2 aromatic carbocycles. The van der Waals surface area contributed by atoms with Crippen LogP contribution in [0.1, 0.15) is 17.2 Å². The monoisotopic (exact) mass is 366 g/mol. The molecule has 0 fully saturated rings. The summed E-state index contributed by atoms with van der Waals surface area (Å²) in [5.41, 5.74) is 1.93. The Morgan fingerprint density at radius 3 is 2.56 bits per heavy atom. The number of aliphatic hydroxyl groups excluding tert-OH is 1. The van der Waals surface area contributed by atoms with Crippen LogP contribution in [0.25, 0.3) is 10.1 Å². The van der Waals surface area contributed by atoms with Crippen LogP contribution in [0.4, 0.5) is 0 Å². The molecule has 18 heavy (non-hydrogen) atoms. The van der Waals surface area contributed by atoms with Crippen LogP contribution < -0.4 is 0 Å². The van der Waals surface area contributed by atoms with Gasteiger partial charge in [0.1, 0.15) is 6.10 Å². The molecule has 1 heterocycles. The first-order valence-corrected chi connectivity index (χ1v) is 7.61. The summed E-state index contributed by atoms with van der Waals surface area (Å²) in [6.07, 6.45) is -0.552. The fraction of sp³-hybridized carbons (Fsp3) is 0.0667. The van der Waals surface area contributed by atoms with E-state index >= 15 is 0 Å². The molecule has 0 saturated heterocycles. The minimum Gasteiger partial charge on any atom is -0.384 e. The Hall–Kier alpha value is -0.910. The highest BCUT2D eigenvalue weighted by atomic mass is 127. The Morgan fingerprint density at radius 1 is 1.00 bits per heavy atom. The maximum absolute atomic E-state index is 10.5. The first kappa shape index (κ1) is 12.1. The maximum atomic E-state index is 10.5. The third-order valence-electron chi connectivity index (χ3n) is 2.99. The lowest BCUT2D eigenvalue weighted by molar-refractivity contribution is 0.222. The Balaban J connectivity index is 2.08. The van der Waals surface area contributed by atoms with Crippen molar-refractivity contribution >= 4 is 44.0 Å². The van der Waals surface area contributed by atoms with E-state index in [0.717, 1.165) is 11.1 Å². The van der Waals surface area contributed by atoms with Crippen molar-refractivity contribution in [2.45, 2.75) is 6.10 Å². The Morgan fingerprint density at radius 2 is 1.78 bits per heavy atom. The predicted octanol–water partition coefficient (Wildman–Crippen LogP) is 4.59. The van der Waals surface area contributed by atoms with E-state index in [2.05, 4.69) is 40.1 Å². The van der Waals surface area contributed by atoms with Gasteiger partial charge in [-0.2, -0.15) is 0 Å². The Bertz CT molecular complexity index is 672. The first-order valence-electron chi connectivity index (χ1n) is 5.65. The number of rotatable bonds is 2. The largest absolute Gasteiger partial charge is 0.384 e. The zero-order chi connectivity index (χ0) is 12.5. The van der Waals surface area contributed by atoms with E-state index in [4.69, 9.17) is 0 Å². The molecule has 1 aromatic heterocycles. The van der Waals surface area contributed by atoms with E-state index in [1.165, 1.54) is 13.7 Å². The van der Waals surface area contributed by atoms with Gasteiger partial charge in [-0.3, -0.25) is 0 Å². The highest BCUT2D eigenvalue weighted by Crippen LogP contribution is 2.32. The molecule has 3 rings (SSSR count). The molecule has 90 valence electrons. The average Bonchev–Trinajstić information content (AvgIpc) is 2.87. The zero-order valence-electron chi connectivity index (χ0n) is 9.51. The van der Waals surface area contributed by atoms with Crippen molar-refractivity contribution < 1.29 is 5.11 Å². The van der Waals surface area contributed by atoms with E-state index in [1.807, 2.05) is 36.4 Å². The van der Waals surface area contributed by atoms with Crippen molar-refractivity contribution in [3.05, 3.63) is 68.6 Å². The summed E-state index contributed by atoms with van der Waals surface area (Å²) in [5.74, 6) is 0. The lowest BCUT2D eigenvalue weighted by atomic mass is 10.0. The van der Waals surface area contributed by atoms with Crippen molar-refractivity contribution in [2.75, 3.05) is 0 Å². The molecule has 0 spiro atoms. The predicted molar refractivity (Wildman–Crippen MR) is 85.0 cm³/mol. The number of aliphatic hydroxyl groups is 1. The van der Waals surface area contributed by atoms with Crippen LogP contribution in [0.15, 0.2) is 53.9 Å². The Kier molecular flexibility index (Phi) is 3.37. The normalized spacial score (nSPS) is 12.8. The van der Waals surface area contributed by atoms with E-state index in [1.54, 1.807) is 11.3 Å². The second-order valence-corrected chi connectivity index (χ2v) is 6.30. The third kappa shape index (κ3) is 2.18. The highest BCUT2D eigenvalue weighted by molar-refractivity contribution is 14.1. The van der Waals surface area contributed by atoms with Gasteiger partial charge in [0.25, 0.3) is 0 Å². The minimum absolute atomic E-state index is 0.552. The molecule has 0 radical (unpaired) electrons. The second kappa shape index (κ2) is 4.99. The van der Waals surface area contributed by atoms with Gasteiger partial charge in [0.05, 0.1) is 0 Å². The van der Waals surface area contributed by atoms with Crippen LogP contribution >= 0.6 is 33.9 Å². The van der Waals surface area contributed by atoms with Gasteiger partial charge in [-0.05, 0) is 57.1 Å². The van der Waals surface area contributed by atoms with Crippen molar-refractivity contribution in [3.8, 4) is 0 Å². The van der Waals surface area contributed by atoms with Gasteiger partial charge in [-0.15, -0.1) is 11.3 Å². The summed E-state index contributed by atoms with van der Waals surface area (Å²) in [4.78, 5) is 0. The molecule has 1 atom stereocenters. The molecular formula is C15H11IOS. The van der Waals surface area contributed by atoms with Crippen LogP contribution in [0.3, 0.4) is 0 Å². The third-order valence-corrected chi connectivity index (χ3v) is 4.69. The van der Waals surface area contributed by atoms with Gasteiger partial charge in [-0.25, -0.2) is 0 Å². The zero-order valence-corrected chi connectivity index (χ0v) is 12.5. The summed E-state index contributed by atoms with van der Waals surface area (Å²) in [6.45, 7) is 0. The van der Waals surface area contributed by atoms with E-state index in [0.29, 0.717) is 0 Å². The number of halogens is 1. The number of benzene rings is 2. The lowest BCUT2D eigenvalue weighted by Crippen LogP contribution is -1.99. The molecule has 1 unspecified atom stereocenters. The summed E-state index contributed by atoms with van der Waals surface area (Å²) in [7, 11) is 0. The van der Waals surface area contributed by atoms with Crippen LogP contribution in [0, 0.1) is 3.57 Å². The molecule has 0 bridgehead atoms. The summed E-state index contributed by atoms with van der Waals surface area (Å²) in [6, 6.07) is 16.2. The van der Waals surface area contributed by atoms with Gasteiger partial charge >= 0.3 is 0 Å². The summed E-state index contributed by atoms with van der Waals surface area (Å²) >= 11 is 3.95. The lowest BCUT2D eigenvalue weighted by Gasteiger charge is -2.12. The molecule has 0 aliphatic rings. The van der Waals surface area contributed by atoms with Crippen LogP contribution in [-0.2, 0) is 0 Å². The molecular weight excluding hydrogens is 355 g/mol. The standard InChI is InChI=1S/C15H11IOS/c16-12-6-4-10(5-7-12)14(17)13-3-1-2-11-8-9-18-15(11)13/h1-9,14,17H. The van der Waals surface area contributed by atoms with Crippen LogP contribution in [-0.4, -0.2) is 5.11 Å². The molecule has 3 aromatic rings. The molecule has 3 heteroatoms. The first-order chi connectivity index (χ1) is 8.75. The number of hydrogen-bond donors (Lipinski definition) is 1. The Labute approximate surface area is 123 Å². The van der Waals surface area contributed by atoms with E-state index in [9.17, 15) is 5.11 Å². The fourth-order valence-electron chi connectivity index (χ4n) is 2.06. The van der Waals surface area contributed by atoms with E-state index < -0.39 is 6.10 Å². The van der Waals surface area contributed by atoms with E-state index in [-0.39, 0.29) is 0 Å². The van der Waals surface area contributed by atoms with Crippen molar-refractivity contribution in [2.24, 2.45) is 0 Å². The van der Waals surface area contributed by atoms with Gasteiger partial charge in [-0.1, -0.05) is 30.3 Å². The quantitative estimate of drug-likeness (QED) is 0.658. The average molecular weight is 366 g/mol. The second-order valence-electron chi connectivity index (χ2n) is 4.14. The summed E-state index contributed by atoms with van der Waals surface area (Å²) < 4.78 is 2.35. The van der Waals surface area contributed by atoms with Crippen LogP contribution in [0.2, 0.25) is 0 Å². The highest BCUT2D eigenvalue weighted by Gasteiger charge is 2.13. The molecule has 0 amide bonds. The number of hydrogen-bond acceptors (Lipinski definition) is 2. The van der Waals surface area contributed by atoms with Crippen molar-refractivity contribution in [1.29, 1.82) is 0 Å². The maximum Gasteiger partial charge on any atom is 0.105 e. The topological polar surface area (TPSA) is 20.2 Å². The van der Waals surface area contributed by atoms with Gasteiger partial charge in [0, 0.05) is 13.8 Å². The van der Waals surface area contributed by atoms with Gasteiger partial charge in [0.2, 0.25) is 0 Å². The van der Waals surface area contributed by atoms with Crippen molar-refractivity contribution in [1.82, 2.24) is 0 Å². The number of thiophene rings is 1. The summed E-state index contributed by atoms with van der Waals surface area (Å²) in [5, 5.41) is 13.8. The van der Waals surface area contributed by atoms with Gasteiger partial charge in [0.15, 0.2) is 0 Å². The molecule has 1 N–H and O–H groups in total. The minimum atomic E-state index is -0.552. The smallest absolute Gasteiger partial charge is 0.105 e.